The maximum Gasteiger partial charge on any atom is 0.307 e. The molecule has 0 radical (unpaired) electrons. The van der Waals surface area contributed by atoms with E-state index < -0.39 is 5.97 Å². The number of aromatic hydroxyl groups is 1. The van der Waals surface area contributed by atoms with Crippen molar-refractivity contribution in [2.45, 2.75) is 23.8 Å². The van der Waals surface area contributed by atoms with Crippen LogP contribution in [0.3, 0.4) is 0 Å². The van der Waals surface area contributed by atoms with Gasteiger partial charge in [-0.25, -0.2) is 0 Å². The number of thioether (sulfide) groups is 1. The van der Waals surface area contributed by atoms with Crippen molar-refractivity contribution in [2.24, 2.45) is 0 Å². The molecule has 0 bridgehead atoms. The summed E-state index contributed by atoms with van der Waals surface area (Å²) in [7, 11) is 0. The highest BCUT2D eigenvalue weighted by Crippen LogP contribution is 2.42. The Hall–Kier alpha value is -2.89. The Balaban J connectivity index is 1.59. The molecule has 1 unspecified atom stereocenters. The van der Waals surface area contributed by atoms with Crippen molar-refractivity contribution in [1.82, 2.24) is 4.57 Å². The monoisotopic (exact) mass is 449 g/mol. The quantitative estimate of drug-likeness (QED) is 0.381. The summed E-state index contributed by atoms with van der Waals surface area (Å²) >= 11 is 8.08. The van der Waals surface area contributed by atoms with Gasteiger partial charge in [0.15, 0.2) is 0 Å². The summed E-state index contributed by atoms with van der Waals surface area (Å²) in [5, 5.41) is 20.9. The van der Waals surface area contributed by atoms with E-state index in [4.69, 9.17) is 11.6 Å². The van der Waals surface area contributed by atoms with Crippen LogP contribution in [0.15, 0.2) is 71.8 Å². The highest BCUT2D eigenvalue weighted by atomic mass is 35.5. The largest absolute Gasteiger partial charge is 0.508 e. The van der Waals surface area contributed by atoms with Crippen LogP contribution in [0.1, 0.15) is 17.0 Å². The van der Waals surface area contributed by atoms with E-state index in [-0.39, 0.29) is 12.2 Å². The fraction of sp³-hybridized carbons (Fsp3) is 0.160. The molecule has 0 amide bonds. The topological polar surface area (TPSA) is 62.5 Å². The Morgan fingerprint density at radius 3 is 2.74 bits per heavy atom. The lowest BCUT2D eigenvalue weighted by molar-refractivity contribution is -0.136. The molecule has 4 nitrogen and oxygen atoms in total. The van der Waals surface area contributed by atoms with Crippen LogP contribution in [0.5, 0.6) is 5.75 Å². The van der Waals surface area contributed by atoms with Crippen molar-refractivity contribution in [3.05, 3.63) is 83.0 Å². The molecule has 1 aliphatic heterocycles. The maximum atomic E-state index is 11.4. The number of rotatable bonds is 5. The molecular formula is C25H20ClNO3S. The summed E-state index contributed by atoms with van der Waals surface area (Å²) in [6, 6.07) is 19.2. The minimum atomic E-state index is -0.843. The van der Waals surface area contributed by atoms with E-state index in [0.717, 1.165) is 44.9 Å². The van der Waals surface area contributed by atoms with Gasteiger partial charge in [0.05, 0.1) is 6.42 Å². The molecule has 2 heterocycles. The number of carboxylic acid groups (broad SMARTS) is 1. The molecule has 0 saturated heterocycles. The summed E-state index contributed by atoms with van der Waals surface area (Å²) in [6.07, 6.45) is 1.95. The molecule has 5 rings (SSSR count). The Bertz CT molecular complexity index is 1310. The molecule has 1 aromatic heterocycles. The summed E-state index contributed by atoms with van der Waals surface area (Å²) in [6.45, 7) is 0.750. The zero-order valence-electron chi connectivity index (χ0n) is 16.6. The average Bonchev–Trinajstić information content (AvgIpc) is 3.29. The van der Waals surface area contributed by atoms with Crippen LogP contribution in [-0.2, 0) is 17.8 Å². The van der Waals surface area contributed by atoms with Gasteiger partial charge in [-0.3, -0.25) is 4.79 Å². The number of aromatic nitrogens is 1. The average molecular weight is 450 g/mol. The van der Waals surface area contributed by atoms with Crippen molar-refractivity contribution in [2.75, 3.05) is 5.75 Å². The van der Waals surface area contributed by atoms with Gasteiger partial charge in [-0.05, 0) is 58.7 Å². The van der Waals surface area contributed by atoms with Gasteiger partial charge >= 0.3 is 5.97 Å². The van der Waals surface area contributed by atoms with Crippen LogP contribution in [0.2, 0.25) is 5.02 Å². The number of aliphatic carboxylic acids is 1. The molecule has 4 aromatic rings. The number of carbonyl (C=O) groups is 1. The lowest BCUT2D eigenvalue weighted by Gasteiger charge is -2.14. The number of hydrogen-bond acceptors (Lipinski definition) is 3. The Labute approximate surface area is 189 Å². The van der Waals surface area contributed by atoms with Gasteiger partial charge in [-0.15, -0.1) is 11.8 Å². The minimum absolute atomic E-state index is 0.0171. The highest BCUT2D eigenvalue weighted by molar-refractivity contribution is 7.99. The molecule has 0 fully saturated rings. The molecule has 156 valence electrons. The first-order valence-corrected chi connectivity index (χ1v) is 11.4. The third-order valence-corrected chi connectivity index (χ3v) is 7.24. The van der Waals surface area contributed by atoms with E-state index in [2.05, 4.69) is 16.7 Å². The Morgan fingerprint density at radius 2 is 1.94 bits per heavy atom. The number of nitrogens with zero attached hydrogens (tertiary/aromatic N) is 1. The van der Waals surface area contributed by atoms with Gasteiger partial charge in [0.2, 0.25) is 0 Å². The molecule has 6 heteroatoms. The Morgan fingerprint density at radius 1 is 1.10 bits per heavy atom. The highest BCUT2D eigenvalue weighted by Gasteiger charge is 2.25. The fourth-order valence-electron chi connectivity index (χ4n) is 4.33. The number of hydrogen-bond donors (Lipinski definition) is 2. The molecule has 3 aromatic carbocycles. The van der Waals surface area contributed by atoms with Crippen LogP contribution >= 0.6 is 23.4 Å². The lowest BCUT2D eigenvalue weighted by atomic mass is 10.0. The van der Waals surface area contributed by atoms with Crippen molar-refractivity contribution in [3.8, 4) is 16.9 Å². The molecular weight excluding hydrogens is 430 g/mol. The van der Waals surface area contributed by atoms with Crippen molar-refractivity contribution in [1.29, 1.82) is 0 Å². The number of phenols is 1. The number of carboxylic acids is 1. The van der Waals surface area contributed by atoms with E-state index in [0.29, 0.717) is 5.92 Å². The van der Waals surface area contributed by atoms with Crippen LogP contribution < -0.4 is 0 Å². The van der Waals surface area contributed by atoms with Gasteiger partial charge in [-0.2, -0.15) is 0 Å². The van der Waals surface area contributed by atoms with Crippen LogP contribution in [0, 0.1) is 0 Å². The molecule has 2 N–H and O–H groups in total. The van der Waals surface area contributed by atoms with Gasteiger partial charge in [0.1, 0.15) is 5.75 Å². The number of fused-ring (bicyclic) bond motifs is 2. The first-order valence-electron chi connectivity index (χ1n) is 10.0. The SMILES string of the molecule is O=C(O)Cc1cn(CC2CSc3ccc(Cl)cc32)c2cc(-c3cccc(O)c3)ccc12. The molecule has 0 saturated carbocycles. The van der Waals surface area contributed by atoms with Gasteiger partial charge in [0.25, 0.3) is 0 Å². The zero-order chi connectivity index (χ0) is 21.5. The summed E-state index contributed by atoms with van der Waals surface area (Å²) in [5.41, 5.74) is 4.96. The molecule has 31 heavy (non-hydrogen) atoms. The molecule has 0 aliphatic carbocycles. The predicted octanol–water partition coefficient (Wildman–Crippen LogP) is 6.18. The van der Waals surface area contributed by atoms with Crippen molar-refractivity contribution >= 4 is 40.2 Å². The van der Waals surface area contributed by atoms with Gasteiger partial charge in [0, 0.05) is 45.2 Å². The standard InChI is InChI=1S/C25H20ClNO3S/c26-19-5-7-24-22(11-19)18(14-31-24)13-27-12-17(10-25(29)30)21-6-4-16(9-23(21)27)15-2-1-3-20(28)8-15/h1-9,11-12,18,28H,10,13-14H2,(H,29,30). The number of halogens is 1. The maximum absolute atomic E-state index is 11.4. The first-order chi connectivity index (χ1) is 15.0. The van der Waals surface area contributed by atoms with Crippen LogP contribution in [0.25, 0.3) is 22.0 Å². The summed E-state index contributed by atoms with van der Waals surface area (Å²) in [4.78, 5) is 12.7. The minimum Gasteiger partial charge on any atom is -0.508 e. The molecule has 0 spiro atoms. The van der Waals surface area contributed by atoms with Gasteiger partial charge < -0.3 is 14.8 Å². The van der Waals surface area contributed by atoms with Crippen molar-refractivity contribution in [3.63, 3.8) is 0 Å². The van der Waals surface area contributed by atoms with E-state index in [9.17, 15) is 15.0 Å². The van der Waals surface area contributed by atoms with E-state index in [1.165, 1.54) is 10.5 Å². The fourth-order valence-corrected chi connectivity index (χ4v) is 5.73. The first kappa shape index (κ1) is 20.0. The zero-order valence-corrected chi connectivity index (χ0v) is 18.2. The third-order valence-electron chi connectivity index (χ3n) is 5.75. The lowest BCUT2D eigenvalue weighted by Crippen LogP contribution is -2.08. The summed E-state index contributed by atoms with van der Waals surface area (Å²) < 4.78 is 2.17. The van der Waals surface area contributed by atoms with E-state index in [1.807, 2.05) is 54.4 Å². The van der Waals surface area contributed by atoms with Gasteiger partial charge in [-0.1, -0.05) is 35.9 Å². The number of benzene rings is 3. The van der Waals surface area contributed by atoms with E-state index in [1.54, 1.807) is 12.1 Å². The Kier molecular flexibility index (Phi) is 5.16. The second-order valence-electron chi connectivity index (χ2n) is 7.85. The smallest absolute Gasteiger partial charge is 0.307 e. The second-order valence-corrected chi connectivity index (χ2v) is 9.35. The van der Waals surface area contributed by atoms with Crippen molar-refractivity contribution < 1.29 is 15.0 Å². The summed E-state index contributed by atoms with van der Waals surface area (Å²) in [5.74, 6) is 0.646. The third kappa shape index (κ3) is 3.91. The van der Waals surface area contributed by atoms with Crippen LogP contribution in [0.4, 0.5) is 0 Å². The molecule has 1 atom stereocenters. The second kappa shape index (κ2) is 7.98. The molecule has 1 aliphatic rings. The predicted molar refractivity (Wildman–Crippen MR) is 125 cm³/mol. The number of phenolic OH excluding ortho intramolecular Hbond substituents is 1. The van der Waals surface area contributed by atoms with Crippen LogP contribution in [-0.4, -0.2) is 26.5 Å². The van der Waals surface area contributed by atoms with E-state index >= 15 is 0 Å². The normalized spacial score (nSPS) is 15.3.